The summed E-state index contributed by atoms with van der Waals surface area (Å²) in [7, 11) is 1.96. The maximum atomic E-state index is 12.2. The van der Waals surface area contributed by atoms with Crippen LogP contribution in [0.1, 0.15) is 41.3 Å². The first kappa shape index (κ1) is 14.6. The van der Waals surface area contributed by atoms with Gasteiger partial charge in [0.25, 0.3) is 0 Å². The van der Waals surface area contributed by atoms with E-state index < -0.39 is 0 Å². The number of carbonyl (C=O) groups excluding carboxylic acids is 1. The van der Waals surface area contributed by atoms with Crippen molar-refractivity contribution in [3.63, 3.8) is 0 Å². The van der Waals surface area contributed by atoms with Crippen LogP contribution in [0.3, 0.4) is 0 Å². The zero-order chi connectivity index (χ0) is 15.5. The van der Waals surface area contributed by atoms with Gasteiger partial charge in [-0.1, -0.05) is 24.3 Å². The molecule has 0 saturated carbocycles. The molecule has 1 aromatic carbocycles. The second-order valence-corrected chi connectivity index (χ2v) is 5.87. The molecule has 3 rings (SSSR count). The predicted molar refractivity (Wildman–Crippen MR) is 85.4 cm³/mol. The van der Waals surface area contributed by atoms with Gasteiger partial charge in [0.05, 0.1) is 12.2 Å². The highest BCUT2D eigenvalue weighted by Gasteiger charge is 2.24. The van der Waals surface area contributed by atoms with Crippen molar-refractivity contribution < 1.29 is 4.79 Å². The van der Waals surface area contributed by atoms with Crippen LogP contribution < -0.4 is 10.6 Å². The largest absolute Gasteiger partial charge is 0.334 e. The Labute approximate surface area is 130 Å². The van der Waals surface area contributed by atoms with Crippen molar-refractivity contribution in [3.8, 4) is 0 Å². The van der Waals surface area contributed by atoms with Crippen LogP contribution in [0.15, 0.2) is 30.5 Å². The Hall–Kier alpha value is -2.30. The molecule has 0 radical (unpaired) electrons. The lowest BCUT2D eigenvalue weighted by atomic mass is 9.93. The Morgan fingerprint density at radius 1 is 1.41 bits per heavy atom. The lowest BCUT2D eigenvalue weighted by Crippen LogP contribution is -2.38. The lowest BCUT2D eigenvalue weighted by Gasteiger charge is -2.24. The molecule has 2 amide bonds. The second-order valence-electron chi connectivity index (χ2n) is 5.87. The maximum Gasteiger partial charge on any atom is 0.315 e. The molecule has 1 atom stereocenters. The molecule has 0 bridgehead atoms. The minimum atomic E-state index is -0.120. The minimum Gasteiger partial charge on any atom is -0.334 e. The number of aromatic nitrogens is 2. The van der Waals surface area contributed by atoms with Crippen LogP contribution in [0, 0.1) is 6.92 Å². The van der Waals surface area contributed by atoms with Crippen LogP contribution in [-0.2, 0) is 20.0 Å². The molecule has 1 aliphatic carbocycles. The molecule has 0 spiro atoms. The number of nitrogens with one attached hydrogen (secondary N) is 2. The van der Waals surface area contributed by atoms with Gasteiger partial charge in [-0.2, -0.15) is 5.10 Å². The lowest BCUT2D eigenvalue weighted by molar-refractivity contribution is 0.235. The van der Waals surface area contributed by atoms with E-state index in [9.17, 15) is 4.79 Å². The molecule has 116 valence electrons. The van der Waals surface area contributed by atoms with Crippen molar-refractivity contribution in [2.75, 3.05) is 0 Å². The summed E-state index contributed by atoms with van der Waals surface area (Å²) in [6.07, 6.45) is 4.96. The fraction of sp³-hybridized carbons (Fsp3) is 0.412. The smallest absolute Gasteiger partial charge is 0.315 e. The van der Waals surface area contributed by atoms with Gasteiger partial charge < -0.3 is 10.6 Å². The van der Waals surface area contributed by atoms with Crippen LogP contribution in [0.2, 0.25) is 0 Å². The summed E-state index contributed by atoms with van der Waals surface area (Å²) >= 11 is 0. The molecule has 5 nitrogen and oxygen atoms in total. The third kappa shape index (κ3) is 2.98. The molecule has 5 heteroatoms. The molecule has 1 aromatic heterocycles. The highest BCUT2D eigenvalue weighted by atomic mass is 16.2. The molecule has 1 heterocycles. The second kappa shape index (κ2) is 6.22. The van der Waals surface area contributed by atoms with Crippen molar-refractivity contribution >= 4 is 6.03 Å². The van der Waals surface area contributed by atoms with E-state index in [0.29, 0.717) is 6.54 Å². The van der Waals surface area contributed by atoms with Gasteiger partial charge >= 0.3 is 6.03 Å². The first-order valence-corrected chi connectivity index (χ1v) is 7.75. The number of rotatable bonds is 3. The Morgan fingerprint density at radius 2 is 2.23 bits per heavy atom. The summed E-state index contributed by atoms with van der Waals surface area (Å²) < 4.78 is 1.91. The van der Waals surface area contributed by atoms with Crippen LogP contribution in [0.25, 0.3) is 0 Å². The van der Waals surface area contributed by atoms with Gasteiger partial charge in [-0.05, 0) is 37.3 Å². The highest BCUT2D eigenvalue weighted by molar-refractivity contribution is 5.74. The Bertz CT molecular complexity index is 677. The van der Waals surface area contributed by atoms with Gasteiger partial charge in [0.15, 0.2) is 0 Å². The number of amides is 2. The van der Waals surface area contributed by atoms with Gasteiger partial charge in [-0.25, -0.2) is 4.79 Å². The van der Waals surface area contributed by atoms with Crippen LogP contribution in [0.4, 0.5) is 4.79 Å². The Balaban J connectivity index is 1.60. The normalized spacial score (nSPS) is 16.9. The van der Waals surface area contributed by atoms with Gasteiger partial charge in [0, 0.05) is 24.8 Å². The third-order valence-electron chi connectivity index (χ3n) is 4.38. The quantitative estimate of drug-likeness (QED) is 0.915. The first-order valence-electron chi connectivity index (χ1n) is 7.75. The molecule has 2 aromatic rings. The molecule has 2 N–H and O–H groups in total. The zero-order valence-corrected chi connectivity index (χ0v) is 13.1. The van der Waals surface area contributed by atoms with Crippen molar-refractivity contribution in [2.45, 2.75) is 38.8 Å². The SMILES string of the molecule is Cc1ccccc1CNC(=O)NC1CCCc2c1cnn2C. The molecular formula is C17H22N4O. The fourth-order valence-electron chi connectivity index (χ4n) is 3.05. The van der Waals surface area contributed by atoms with E-state index in [1.807, 2.05) is 36.1 Å². The minimum absolute atomic E-state index is 0.0642. The van der Waals surface area contributed by atoms with Crippen LogP contribution in [0.5, 0.6) is 0 Å². The number of hydrogen-bond acceptors (Lipinski definition) is 2. The predicted octanol–water partition coefficient (Wildman–Crippen LogP) is 2.61. The number of aryl methyl sites for hydroxylation is 2. The van der Waals surface area contributed by atoms with Gasteiger partial charge in [-0.3, -0.25) is 4.68 Å². The molecule has 1 unspecified atom stereocenters. The number of nitrogens with zero attached hydrogens (tertiary/aromatic N) is 2. The fourth-order valence-corrected chi connectivity index (χ4v) is 3.05. The molecule has 22 heavy (non-hydrogen) atoms. The summed E-state index contributed by atoms with van der Waals surface area (Å²) in [6, 6.07) is 8.03. The van der Waals surface area contributed by atoms with Crippen molar-refractivity contribution in [2.24, 2.45) is 7.05 Å². The summed E-state index contributed by atoms with van der Waals surface area (Å²) in [6.45, 7) is 2.60. The zero-order valence-electron chi connectivity index (χ0n) is 13.1. The number of carbonyl (C=O) groups is 1. The topological polar surface area (TPSA) is 59.0 Å². The van der Waals surface area contributed by atoms with Gasteiger partial charge in [0.2, 0.25) is 0 Å². The van der Waals surface area contributed by atoms with Gasteiger partial charge in [0.1, 0.15) is 0 Å². The number of fused-ring (bicyclic) bond motifs is 1. The van der Waals surface area contributed by atoms with Crippen molar-refractivity contribution in [3.05, 3.63) is 52.8 Å². The highest BCUT2D eigenvalue weighted by Crippen LogP contribution is 2.28. The Morgan fingerprint density at radius 3 is 3.05 bits per heavy atom. The summed E-state index contributed by atoms with van der Waals surface area (Å²) in [5.41, 5.74) is 4.72. The molecule has 0 fully saturated rings. The van der Waals surface area contributed by atoms with E-state index in [-0.39, 0.29) is 12.1 Å². The molecule has 1 aliphatic rings. The van der Waals surface area contributed by atoms with Crippen LogP contribution >= 0.6 is 0 Å². The monoisotopic (exact) mass is 298 g/mol. The summed E-state index contributed by atoms with van der Waals surface area (Å²) in [5, 5.41) is 10.3. The van der Waals surface area contributed by atoms with E-state index in [4.69, 9.17) is 0 Å². The van der Waals surface area contributed by atoms with E-state index in [2.05, 4.69) is 28.7 Å². The number of urea groups is 1. The van der Waals surface area contributed by atoms with E-state index in [1.165, 1.54) is 11.3 Å². The summed E-state index contributed by atoms with van der Waals surface area (Å²) in [4.78, 5) is 12.2. The molecule has 0 saturated heterocycles. The standard InChI is InChI=1S/C17H22N4O/c1-12-6-3-4-7-13(12)10-18-17(22)20-15-8-5-9-16-14(15)11-19-21(16)2/h3-4,6-7,11,15H,5,8-10H2,1-2H3,(H2,18,20,22). The maximum absolute atomic E-state index is 12.2. The molecule has 0 aliphatic heterocycles. The Kier molecular flexibility index (Phi) is 4.13. The summed E-state index contributed by atoms with van der Waals surface area (Å²) in [5.74, 6) is 0. The number of hydrogen-bond donors (Lipinski definition) is 2. The van der Waals surface area contributed by atoms with E-state index in [1.54, 1.807) is 0 Å². The molecular weight excluding hydrogens is 276 g/mol. The third-order valence-corrected chi connectivity index (χ3v) is 4.38. The van der Waals surface area contributed by atoms with Crippen LogP contribution in [-0.4, -0.2) is 15.8 Å². The number of benzene rings is 1. The van der Waals surface area contributed by atoms with E-state index in [0.717, 1.165) is 30.4 Å². The van der Waals surface area contributed by atoms with E-state index >= 15 is 0 Å². The average Bonchev–Trinajstić information content (AvgIpc) is 2.89. The van der Waals surface area contributed by atoms with Crippen molar-refractivity contribution in [1.82, 2.24) is 20.4 Å². The average molecular weight is 298 g/mol. The van der Waals surface area contributed by atoms with Crippen molar-refractivity contribution in [1.29, 1.82) is 0 Å². The first-order chi connectivity index (χ1) is 10.6. The van der Waals surface area contributed by atoms with Gasteiger partial charge in [-0.15, -0.1) is 0 Å².